The molecule has 1 heterocycles. The number of rotatable bonds is 3. The van der Waals surface area contributed by atoms with E-state index < -0.39 is 12.8 Å². The van der Waals surface area contributed by atoms with Gasteiger partial charge in [-0.1, -0.05) is 0 Å². The summed E-state index contributed by atoms with van der Waals surface area (Å²) in [6.07, 6.45) is -3.36. The number of nitrogens with one attached hydrogen (secondary N) is 1. The van der Waals surface area contributed by atoms with Crippen LogP contribution in [0.4, 0.5) is 13.2 Å². The third kappa shape index (κ3) is 4.18. The molecule has 0 spiro atoms. The second kappa shape index (κ2) is 4.34. The minimum atomic E-state index is -4.24. The molecule has 1 aliphatic heterocycles. The quantitative estimate of drug-likeness (QED) is 0.700. The van der Waals surface area contributed by atoms with Gasteiger partial charge in [-0.05, 0) is 12.2 Å². The van der Waals surface area contributed by atoms with Gasteiger partial charge in [-0.15, -0.1) is 0 Å². The van der Waals surface area contributed by atoms with Gasteiger partial charge in [0.15, 0.2) is 6.61 Å². The molecule has 72 valence electrons. The average molecular weight is 201 g/mol. The van der Waals surface area contributed by atoms with Gasteiger partial charge in [0.1, 0.15) is 0 Å². The van der Waals surface area contributed by atoms with Crippen LogP contribution in [0.3, 0.4) is 0 Å². The summed E-state index contributed by atoms with van der Waals surface area (Å²) in [4.78, 5) is 4.29. The lowest BCUT2D eigenvalue weighted by Gasteiger charge is -2.12. The van der Waals surface area contributed by atoms with Crippen LogP contribution in [0, 0.1) is 0 Å². The molecule has 1 saturated heterocycles. The van der Waals surface area contributed by atoms with E-state index in [2.05, 4.69) is 10.3 Å². The second-order valence-electron chi connectivity index (χ2n) is 2.58. The monoisotopic (exact) mass is 201 g/mol. The molecule has 0 aromatic carbocycles. The maximum atomic E-state index is 11.6. The van der Waals surface area contributed by atoms with Crippen molar-refractivity contribution in [3.05, 3.63) is 0 Å². The van der Waals surface area contributed by atoms with Crippen LogP contribution in [0.25, 0.3) is 0 Å². The number of hydrogen-bond donors (Lipinski definition) is 1. The van der Waals surface area contributed by atoms with Crippen molar-refractivity contribution in [2.75, 3.05) is 18.1 Å². The molecule has 6 heteroatoms. The molecule has 1 unspecified atom stereocenters. The highest BCUT2D eigenvalue weighted by Crippen LogP contribution is 2.18. The average Bonchev–Trinajstić information content (AvgIpc) is 2.36. The molecule has 0 aromatic rings. The molecule has 1 N–H and O–H groups in total. The van der Waals surface area contributed by atoms with E-state index in [4.69, 9.17) is 0 Å². The molecule has 0 amide bonds. The Hall–Kier alpha value is 0.0600. The first-order valence-electron chi connectivity index (χ1n) is 3.60. The van der Waals surface area contributed by atoms with Crippen molar-refractivity contribution in [1.29, 1.82) is 0 Å². The van der Waals surface area contributed by atoms with Crippen LogP contribution in [0.2, 0.25) is 0 Å². The van der Waals surface area contributed by atoms with E-state index in [1.807, 2.05) is 0 Å². The maximum Gasteiger partial charge on any atom is 0.413 e. The summed E-state index contributed by atoms with van der Waals surface area (Å²) in [6, 6.07) is 0.0809. The molecule has 1 atom stereocenters. The highest BCUT2D eigenvalue weighted by molar-refractivity contribution is 7.99. The number of thioether (sulfide) groups is 1. The molecule has 0 aromatic heterocycles. The number of alkyl halides is 3. The van der Waals surface area contributed by atoms with Crippen LogP contribution >= 0.6 is 11.8 Å². The Kier molecular flexibility index (Phi) is 3.67. The summed E-state index contributed by atoms with van der Waals surface area (Å²) in [5.41, 5.74) is 2.40. The number of hydrogen-bond acceptors (Lipinski definition) is 3. The van der Waals surface area contributed by atoms with Gasteiger partial charge in [0.2, 0.25) is 0 Å². The topological polar surface area (TPSA) is 21.3 Å². The first-order chi connectivity index (χ1) is 5.58. The van der Waals surface area contributed by atoms with Crippen molar-refractivity contribution in [2.24, 2.45) is 0 Å². The smallest absolute Gasteiger partial charge is 0.292 e. The van der Waals surface area contributed by atoms with Crippen molar-refractivity contribution >= 4 is 11.8 Å². The first-order valence-corrected chi connectivity index (χ1v) is 4.75. The number of hydroxylamine groups is 1. The zero-order valence-electron chi connectivity index (χ0n) is 6.36. The van der Waals surface area contributed by atoms with Gasteiger partial charge in [0.25, 0.3) is 0 Å². The third-order valence-corrected chi connectivity index (χ3v) is 2.58. The molecular formula is C6H10F3NOS. The molecule has 1 aliphatic rings. The number of halogens is 3. The van der Waals surface area contributed by atoms with Crippen LogP contribution in [0.5, 0.6) is 0 Å². The van der Waals surface area contributed by atoms with Crippen molar-refractivity contribution in [2.45, 2.75) is 18.6 Å². The largest absolute Gasteiger partial charge is 0.413 e. The van der Waals surface area contributed by atoms with Crippen molar-refractivity contribution in [3.8, 4) is 0 Å². The summed E-state index contributed by atoms with van der Waals surface area (Å²) < 4.78 is 34.7. The molecule has 0 radical (unpaired) electrons. The predicted molar refractivity (Wildman–Crippen MR) is 40.9 cm³/mol. The Balaban J connectivity index is 2.02. The van der Waals surface area contributed by atoms with Gasteiger partial charge in [0.05, 0.1) is 0 Å². The Morgan fingerprint density at radius 2 is 2.25 bits per heavy atom. The molecule has 0 bridgehead atoms. The van der Waals surface area contributed by atoms with Crippen LogP contribution in [-0.2, 0) is 4.84 Å². The predicted octanol–water partition coefficient (Wildman–Crippen LogP) is 1.58. The minimum absolute atomic E-state index is 0.0809. The lowest BCUT2D eigenvalue weighted by molar-refractivity contribution is -0.192. The summed E-state index contributed by atoms with van der Waals surface area (Å²) >= 11 is 1.72. The summed E-state index contributed by atoms with van der Waals surface area (Å²) in [7, 11) is 0. The van der Waals surface area contributed by atoms with E-state index in [-0.39, 0.29) is 6.04 Å². The van der Waals surface area contributed by atoms with Crippen molar-refractivity contribution < 1.29 is 18.0 Å². The molecule has 12 heavy (non-hydrogen) atoms. The molecule has 2 nitrogen and oxygen atoms in total. The Labute approximate surface area is 72.8 Å². The van der Waals surface area contributed by atoms with Crippen LogP contribution in [-0.4, -0.2) is 30.3 Å². The van der Waals surface area contributed by atoms with E-state index >= 15 is 0 Å². The van der Waals surface area contributed by atoms with Crippen LogP contribution < -0.4 is 5.48 Å². The van der Waals surface area contributed by atoms with E-state index in [1.54, 1.807) is 11.8 Å². The zero-order chi connectivity index (χ0) is 9.03. The highest BCUT2D eigenvalue weighted by Gasteiger charge is 2.28. The van der Waals surface area contributed by atoms with E-state index in [0.29, 0.717) is 0 Å². The lowest BCUT2D eigenvalue weighted by Crippen LogP contribution is -2.32. The van der Waals surface area contributed by atoms with Crippen LogP contribution in [0.15, 0.2) is 0 Å². The van der Waals surface area contributed by atoms with E-state index in [1.165, 1.54) is 0 Å². The zero-order valence-corrected chi connectivity index (χ0v) is 7.17. The molecular weight excluding hydrogens is 191 g/mol. The van der Waals surface area contributed by atoms with Crippen molar-refractivity contribution in [1.82, 2.24) is 5.48 Å². The van der Waals surface area contributed by atoms with E-state index in [9.17, 15) is 13.2 Å². The third-order valence-electron chi connectivity index (χ3n) is 1.42. The minimum Gasteiger partial charge on any atom is -0.292 e. The summed E-state index contributed by atoms with van der Waals surface area (Å²) in [5.74, 6) is 1.82. The fraction of sp³-hybridized carbons (Fsp3) is 1.00. The molecule has 0 aliphatic carbocycles. The Morgan fingerprint density at radius 3 is 2.75 bits per heavy atom. The Bertz CT molecular complexity index is 135. The lowest BCUT2D eigenvalue weighted by atomic mass is 10.3. The second-order valence-corrected chi connectivity index (χ2v) is 3.73. The van der Waals surface area contributed by atoms with Gasteiger partial charge in [-0.25, -0.2) is 0 Å². The maximum absolute atomic E-state index is 11.6. The van der Waals surface area contributed by atoms with Gasteiger partial charge in [0, 0.05) is 11.8 Å². The van der Waals surface area contributed by atoms with Crippen molar-refractivity contribution in [3.63, 3.8) is 0 Å². The van der Waals surface area contributed by atoms with Gasteiger partial charge in [-0.2, -0.15) is 30.4 Å². The fourth-order valence-corrected chi connectivity index (χ4v) is 2.01. The molecule has 1 rings (SSSR count). The van der Waals surface area contributed by atoms with Gasteiger partial charge in [-0.3, -0.25) is 4.84 Å². The molecule has 0 saturated carbocycles. The van der Waals surface area contributed by atoms with Crippen LogP contribution in [0.1, 0.15) is 6.42 Å². The normalized spacial score (nSPS) is 24.8. The highest BCUT2D eigenvalue weighted by atomic mass is 32.2. The fourth-order valence-electron chi connectivity index (χ4n) is 0.869. The SMILES string of the molecule is FC(F)(F)CONC1CCSC1. The summed E-state index contributed by atoms with van der Waals surface area (Å²) in [6.45, 7) is -1.21. The van der Waals surface area contributed by atoms with Gasteiger partial charge < -0.3 is 0 Å². The van der Waals surface area contributed by atoms with E-state index in [0.717, 1.165) is 17.9 Å². The summed E-state index contributed by atoms with van der Waals surface area (Å²) in [5, 5.41) is 0. The first kappa shape index (κ1) is 10.1. The van der Waals surface area contributed by atoms with Gasteiger partial charge >= 0.3 is 6.18 Å². The standard InChI is InChI=1S/C6H10F3NOS/c7-6(8,9)4-11-10-5-1-2-12-3-5/h5,10H,1-4H2. The molecule has 1 fully saturated rings. The Morgan fingerprint density at radius 1 is 1.50 bits per heavy atom.